The molecule has 0 radical (unpaired) electrons. The molecule has 2 heteroatoms. The van der Waals surface area contributed by atoms with Crippen molar-refractivity contribution in [2.45, 2.75) is 38.5 Å². The Bertz CT molecular complexity index is 443. The van der Waals surface area contributed by atoms with Gasteiger partial charge in [-0.25, -0.2) is 0 Å². The van der Waals surface area contributed by atoms with Gasteiger partial charge in [0.15, 0.2) is 0 Å². The summed E-state index contributed by atoms with van der Waals surface area (Å²) in [4.78, 5) is 0. The summed E-state index contributed by atoms with van der Waals surface area (Å²) < 4.78 is 5.28. The number of fused-ring (bicyclic) bond motifs is 2. The summed E-state index contributed by atoms with van der Waals surface area (Å²) in [6.07, 6.45) is 7.95. The van der Waals surface area contributed by atoms with Crippen molar-refractivity contribution in [1.82, 2.24) is 0 Å². The van der Waals surface area contributed by atoms with Crippen LogP contribution in [0.1, 0.15) is 37.7 Å². The van der Waals surface area contributed by atoms with Crippen molar-refractivity contribution < 1.29 is 9.84 Å². The first-order valence-electron chi connectivity index (χ1n) is 8.02. The van der Waals surface area contributed by atoms with Crippen LogP contribution in [-0.4, -0.2) is 18.8 Å². The van der Waals surface area contributed by atoms with Gasteiger partial charge in [-0.05, 0) is 73.5 Å². The Hall–Kier alpha value is -1.02. The van der Waals surface area contributed by atoms with E-state index in [1.165, 1.54) is 37.7 Å². The van der Waals surface area contributed by atoms with Crippen LogP contribution in [0, 0.1) is 23.7 Å². The fourth-order valence-corrected chi connectivity index (χ4v) is 4.45. The molecule has 2 bridgehead atoms. The molecule has 1 aromatic rings. The minimum atomic E-state index is 0.311. The van der Waals surface area contributed by atoms with Crippen LogP contribution in [0.5, 0.6) is 5.75 Å². The van der Waals surface area contributed by atoms with Gasteiger partial charge in [0, 0.05) is 6.61 Å². The predicted molar refractivity (Wildman–Crippen MR) is 80.8 cm³/mol. The van der Waals surface area contributed by atoms with Crippen LogP contribution in [0.3, 0.4) is 0 Å². The van der Waals surface area contributed by atoms with Gasteiger partial charge in [0.2, 0.25) is 0 Å². The van der Waals surface area contributed by atoms with Gasteiger partial charge in [-0.1, -0.05) is 18.6 Å². The van der Waals surface area contributed by atoms with Gasteiger partial charge in [-0.3, -0.25) is 0 Å². The maximum atomic E-state index is 9.71. The molecule has 0 aromatic heterocycles. The Morgan fingerprint density at radius 1 is 1.30 bits per heavy atom. The Kier molecular flexibility index (Phi) is 4.30. The summed E-state index contributed by atoms with van der Waals surface area (Å²) >= 11 is 0. The van der Waals surface area contributed by atoms with E-state index in [1.54, 1.807) is 7.11 Å². The van der Waals surface area contributed by atoms with Gasteiger partial charge >= 0.3 is 0 Å². The van der Waals surface area contributed by atoms with Crippen molar-refractivity contribution in [2.24, 2.45) is 23.7 Å². The second-order valence-electron chi connectivity index (χ2n) is 6.77. The summed E-state index contributed by atoms with van der Waals surface area (Å²) in [5.74, 6) is 4.16. The molecule has 4 unspecified atom stereocenters. The number of aliphatic hydroxyl groups is 1. The maximum absolute atomic E-state index is 9.71. The number of aliphatic hydroxyl groups excluding tert-OH is 1. The van der Waals surface area contributed by atoms with Crippen LogP contribution >= 0.6 is 0 Å². The summed E-state index contributed by atoms with van der Waals surface area (Å²) in [6.45, 7) is 0.311. The van der Waals surface area contributed by atoms with Gasteiger partial charge in [0.05, 0.1) is 7.11 Å². The SMILES string of the molecule is COc1cccc(CC(CO)CC2CC3CCC2C3)c1. The highest BCUT2D eigenvalue weighted by Crippen LogP contribution is 2.50. The molecular formula is C18H26O2. The zero-order valence-corrected chi connectivity index (χ0v) is 12.4. The number of hydrogen-bond acceptors (Lipinski definition) is 2. The first-order chi connectivity index (χ1) is 9.78. The molecule has 2 fully saturated rings. The summed E-state index contributed by atoms with van der Waals surface area (Å²) in [5.41, 5.74) is 1.28. The maximum Gasteiger partial charge on any atom is 0.119 e. The second kappa shape index (κ2) is 6.17. The lowest BCUT2D eigenvalue weighted by molar-refractivity contribution is 0.178. The van der Waals surface area contributed by atoms with Crippen LogP contribution in [0.25, 0.3) is 0 Å². The minimum Gasteiger partial charge on any atom is -0.497 e. The largest absolute Gasteiger partial charge is 0.497 e. The van der Waals surface area contributed by atoms with E-state index in [4.69, 9.17) is 4.74 Å². The highest BCUT2D eigenvalue weighted by Gasteiger charge is 2.39. The molecule has 20 heavy (non-hydrogen) atoms. The Labute approximate surface area is 122 Å². The van der Waals surface area contributed by atoms with Gasteiger partial charge in [0.1, 0.15) is 5.75 Å². The molecular weight excluding hydrogens is 248 g/mol. The first-order valence-corrected chi connectivity index (χ1v) is 8.02. The standard InChI is InChI=1S/C18H26O2/c1-20-18-4-2-3-13(11-18)7-15(12-19)10-17-9-14-5-6-16(17)8-14/h2-4,11,14-17,19H,5-10,12H2,1H3. The van der Waals surface area contributed by atoms with E-state index in [0.717, 1.165) is 29.9 Å². The van der Waals surface area contributed by atoms with Crippen molar-refractivity contribution in [2.75, 3.05) is 13.7 Å². The molecule has 2 saturated carbocycles. The molecule has 1 N–H and O–H groups in total. The Morgan fingerprint density at radius 3 is 2.85 bits per heavy atom. The lowest BCUT2D eigenvalue weighted by Crippen LogP contribution is -2.19. The van der Waals surface area contributed by atoms with Crippen molar-refractivity contribution in [1.29, 1.82) is 0 Å². The molecule has 2 aliphatic rings. The number of benzene rings is 1. The van der Waals surface area contributed by atoms with Gasteiger partial charge in [-0.2, -0.15) is 0 Å². The third kappa shape index (κ3) is 3.01. The van der Waals surface area contributed by atoms with E-state index in [2.05, 4.69) is 12.1 Å². The molecule has 0 amide bonds. The molecule has 4 atom stereocenters. The zero-order chi connectivity index (χ0) is 13.9. The van der Waals surface area contributed by atoms with E-state index < -0.39 is 0 Å². The molecule has 0 spiro atoms. The van der Waals surface area contributed by atoms with Crippen LogP contribution in [0.2, 0.25) is 0 Å². The number of methoxy groups -OCH3 is 1. The fraction of sp³-hybridized carbons (Fsp3) is 0.667. The van der Waals surface area contributed by atoms with Gasteiger partial charge < -0.3 is 9.84 Å². The van der Waals surface area contributed by atoms with E-state index in [-0.39, 0.29) is 0 Å². The monoisotopic (exact) mass is 274 g/mol. The van der Waals surface area contributed by atoms with E-state index in [0.29, 0.717) is 12.5 Å². The molecule has 3 rings (SSSR count). The molecule has 0 aliphatic heterocycles. The smallest absolute Gasteiger partial charge is 0.119 e. The Morgan fingerprint density at radius 2 is 2.20 bits per heavy atom. The van der Waals surface area contributed by atoms with Crippen LogP contribution < -0.4 is 4.74 Å². The molecule has 2 nitrogen and oxygen atoms in total. The van der Waals surface area contributed by atoms with Crippen LogP contribution in [0.4, 0.5) is 0 Å². The Balaban J connectivity index is 1.59. The van der Waals surface area contributed by atoms with Gasteiger partial charge in [-0.15, -0.1) is 0 Å². The van der Waals surface area contributed by atoms with Crippen LogP contribution in [0.15, 0.2) is 24.3 Å². The average molecular weight is 274 g/mol. The normalized spacial score (nSPS) is 29.6. The third-order valence-electron chi connectivity index (χ3n) is 5.44. The van der Waals surface area contributed by atoms with E-state index in [9.17, 15) is 5.11 Å². The number of ether oxygens (including phenoxy) is 1. The minimum absolute atomic E-state index is 0.311. The fourth-order valence-electron chi connectivity index (χ4n) is 4.45. The van der Waals surface area contributed by atoms with Crippen molar-refractivity contribution in [3.8, 4) is 5.75 Å². The summed E-state index contributed by atoms with van der Waals surface area (Å²) in [6, 6.07) is 8.27. The topological polar surface area (TPSA) is 29.5 Å². The van der Waals surface area contributed by atoms with E-state index in [1.807, 2.05) is 12.1 Å². The molecule has 2 aliphatic carbocycles. The lowest BCUT2D eigenvalue weighted by Gasteiger charge is -2.26. The van der Waals surface area contributed by atoms with Gasteiger partial charge in [0.25, 0.3) is 0 Å². The van der Waals surface area contributed by atoms with Crippen molar-refractivity contribution >= 4 is 0 Å². The molecule has 110 valence electrons. The zero-order valence-electron chi connectivity index (χ0n) is 12.4. The molecule has 0 heterocycles. The number of rotatable bonds is 6. The molecule has 1 aromatic carbocycles. The van der Waals surface area contributed by atoms with Crippen LogP contribution in [-0.2, 0) is 6.42 Å². The predicted octanol–water partition coefficient (Wildman–Crippen LogP) is 3.67. The summed E-state index contributed by atoms with van der Waals surface area (Å²) in [7, 11) is 1.71. The highest BCUT2D eigenvalue weighted by atomic mass is 16.5. The van der Waals surface area contributed by atoms with Crippen molar-refractivity contribution in [3.63, 3.8) is 0 Å². The lowest BCUT2D eigenvalue weighted by atomic mass is 9.80. The van der Waals surface area contributed by atoms with Crippen molar-refractivity contribution in [3.05, 3.63) is 29.8 Å². The summed E-state index contributed by atoms with van der Waals surface area (Å²) in [5, 5.41) is 9.71. The second-order valence-corrected chi connectivity index (χ2v) is 6.77. The average Bonchev–Trinajstić information content (AvgIpc) is 3.09. The number of hydrogen-bond donors (Lipinski definition) is 1. The molecule has 0 saturated heterocycles. The highest BCUT2D eigenvalue weighted by molar-refractivity contribution is 5.28. The quantitative estimate of drug-likeness (QED) is 0.857. The van der Waals surface area contributed by atoms with E-state index >= 15 is 0 Å². The third-order valence-corrected chi connectivity index (χ3v) is 5.44. The first kappa shape index (κ1) is 13.9.